The summed E-state index contributed by atoms with van der Waals surface area (Å²) in [6.45, 7) is 1.97. The molecule has 0 aliphatic rings. The van der Waals surface area contributed by atoms with Crippen molar-refractivity contribution in [3.8, 4) is 0 Å². The van der Waals surface area contributed by atoms with Crippen LogP contribution in [0.25, 0.3) is 6.08 Å². The normalized spacial score (nSPS) is 10.7. The molecule has 0 amide bonds. The highest BCUT2D eigenvalue weighted by Crippen LogP contribution is 2.23. The van der Waals surface area contributed by atoms with Gasteiger partial charge in [-0.3, -0.25) is 0 Å². The Morgan fingerprint density at radius 2 is 2.20 bits per heavy atom. The Kier molecular flexibility index (Phi) is 4.60. The van der Waals surface area contributed by atoms with E-state index in [1.165, 1.54) is 13.2 Å². The van der Waals surface area contributed by atoms with Gasteiger partial charge in [0, 0.05) is 9.65 Å². The number of ether oxygens (including phenoxy) is 1. The van der Waals surface area contributed by atoms with Crippen molar-refractivity contribution >= 4 is 46.2 Å². The maximum absolute atomic E-state index is 10.9. The number of hydrogen-bond acceptors (Lipinski definition) is 2. The van der Waals surface area contributed by atoms with Gasteiger partial charge in [-0.25, -0.2) is 4.79 Å². The van der Waals surface area contributed by atoms with E-state index in [4.69, 9.17) is 11.6 Å². The summed E-state index contributed by atoms with van der Waals surface area (Å²) < 4.78 is 5.51. The second-order valence-corrected chi connectivity index (χ2v) is 4.55. The summed E-state index contributed by atoms with van der Waals surface area (Å²) in [6.07, 6.45) is 3.08. The molecule has 15 heavy (non-hydrogen) atoms. The standard InChI is InChI=1S/C11H10ClIO2/c1-7-5-10(13)9(12)6-8(7)3-4-11(14)15-2/h3-6H,1-2H3/b4-3+. The quantitative estimate of drug-likeness (QED) is 0.470. The van der Waals surface area contributed by atoms with Crippen LogP contribution in [0.15, 0.2) is 18.2 Å². The molecule has 1 rings (SSSR count). The van der Waals surface area contributed by atoms with E-state index in [9.17, 15) is 4.79 Å². The van der Waals surface area contributed by atoms with Gasteiger partial charge in [0.05, 0.1) is 12.1 Å². The fourth-order valence-corrected chi connectivity index (χ4v) is 1.86. The minimum absolute atomic E-state index is 0.371. The second-order valence-electron chi connectivity index (χ2n) is 2.98. The minimum atomic E-state index is -0.371. The number of methoxy groups -OCH3 is 1. The smallest absolute Gasteiger partial charge is 0.330 e. The van der Waals surface area contributed by atoms with Crippen LogP contribution in [0.3, 0.4) is 0 Å². The van der Waals surface area contributed by atoms with E-state index in [0.717, 1.165) is 14.7 Å². The Hall–Kier alpha value is -0.550. The lowest BCUT2D eigenvalue weighted by Gasteiger charge is -2.03. The molecule has 0 aromatic heterocycles. The summed E-state index contributed by atoms with van der Waals surface area (Å²) in [6, 6.07) is 3.80. The van der Waals surface area contributed by atoms with E-state index in [0.29, 0.717) is 5.02 Å². The molecule has 0 unspecified atom stereocenters. The van der Waals surface area contributed by atoms with Gasteiger partial charge in [-0.15, -0.1) is 0 Å². The van der Waals surface area contributed by atoms with E-state index in [2.05, 4.69) is 27.3 Å². The Balaban J connectivity index is 3.00. The van der Waals surface area contributed by atoms with Crippen LogP contribution in [-0.4, -0.2) is 13.1 Å². The highest BCUT2D eigenvalue weighted by atomic mass is 127. The molecule has 0 atom stereocenters. The van der Waals surface area contributed by atoms with Crippen molar-refractivity contribution in [2.45, 2.75) is 6.92 Å². The first-order chi connectivity index (χ1) is 7.04. The van der Waals surface area contributed by atoms with E-state index in [-0.39, 0.29) is 5.97 Å². The Morgan fingerprint density at radius 3 is 2.80 bits per heavy atom. The summed E-state index contributed by atoms with van der Waals surface area (Å²) in [5.74, 6) is -0.371. The van der Waals surface area contributed by atoms with Crippen LogP contribution in [0.4, 0.5) is 0 Å². The predicted octanol–water partition coefficient (Wildman–Crippen LogP) is 3.44. The third-order valence-electron chi connectivity index (χ3n) is 1.91. The molecule has 0 bridgehead atoms. The van der Waals surface area contributed by atoms with Gasteiger partial charge in [0.2, 0.25) is 0 Å². The van der Waals surface area contributed by atoms with Crippen LogP contribution in [0.5, 0.6) is 0 Å². The lowest BCUT2D eigenvalue weighted by Crippen LogP contribution is -1.94. The summed E-state index contributed by atoms with van der Waals surface area (Å²) in [7, 11) is 1.35. The fourth-order valence-electron chi connectivity index (χ4n) is 1.07. The molecule has 0 saturated heterocycles. The monoisotopic (exact) mass is 336 g/mol. The SMILES string of the molecule is COC(=O)/C=C/c1cc(Cl)c(I)cc1C. The average molecular weight is 337 g/mol. The van der Waals surface area contributed by atoms with E-state index < -0.39 is 0 Å². The maximum Gasteiger partial charge on any atom is 0.330 e. The number of rotatable bonds is 2. The topological polar surface area (TPSA) is 26.3 Å². The zero-order valence-corrected chi connectivity index (χ0v) is 11.3. The third-order valence-corrected chi connectivity index (χ3v) is 3.43. The molecule has 4 heteroatoms. The van der Waals surface area contributed by atoms with Gasteiger partial charge in [-0.05, 0) is 58.9 Å². The van der Waals surface area contributed by atoms with E-state index >= 15 is 0 Å². The molecule has 0 spiro atoms. The van der Waals surface area contributed by atoms with Crippen molar-refractivity contribution in [2.24, 2.45) is 0 Å². The predicted molar refractivity (Wildman–Crippen MR) is 70.0 cm³/mol. The summed E-state index contributed by atoms with van der Waals surface area (Å²) in [5.41, 5.74) is 2.00. The molecule has 0 saturated carbocycles. The van der Waals surface area contributed by atoms with Crippen LogP contribution in [-0.2, 0) is 9.53 Å². The van der Waals surface area contributed by atoms with Gasteiger partial charge in [0.1, 0.15) is 0 Å². The molecular weight excluding hydrogens is 326 g/mol. The molecule has 0 aliphatic heterocycles. The van der Waals surface area contributed by atoms with Crippen LogP contribution in [0.1, 0.15) is 11.1 Å². The number of aryl methyl sites for hydroxylation is 1. The number of carbonyl (C=O) groups is 1. The molecule has 0 aliphatic carbocycles. The molecule has 0 fully saturated rings. The van der Waals surface area contributed by atoms with Crippen LogP contribution in [0, 0.1) is 10.5 Å². The highest BCUT2D eigenvalue weighted by molar-refractivity contribution is 14.1. The molecule has 0 heterocycles. The number of benzene rings is 1. The first-order valence-corrected chi connectivity index (χ1v) is 5.72. The maximum atomic E-state index is 10.9. The van der Waals surface area contributed by atoms with Gasteiger partial charge in [-0.2, -0.15) is 0 Å². The Morgan fingerprint density at radius 1 is 1.53 bits per heavy atom. The van der Waals surface area contributed by atoms with Crippen molar-refractivity contribution in [1.29, 1.82) is 0 Å². The largest absolute Gasteiger partial charge is 0.466 e. The number of halogens is 2. The Bertz CT molecular complexity index is 413. The van der Waals surface area contributed by atoms with E-state index in [1.807, 2.05) is 19.1 Å². The molecule has 0 N–H and O–H groups in total. The first-order valence-electron chi connectivity index (χ1n) is 4.26. The molecule has 2 nitrogen and oxygen atoms in total. The minimum Gasteiger partial charge on any atom is -0.466 e. The van der Waals surface area contributed by atoms with Crippen molar-refractivity contribution in [3.63, 3.8) is 0 Å². The summed E-state index contributed by atoms with van der Waals surface area (Å²) >= 11 is 8.15. The van der Waals surface area contributed by atoms with Gasteiger partial charge in [-0.1, -0.05) is 11.6 Å². The first kappa shape index (κ1) is 12.5. The van der Waals surface area contributed by atoms with Crippen LogP contribution < -0.4 is 0 Å². The van der Waals surface area contributed by atoms with Crippen LogP contribution >= 0.6 is 34.2 Å². The van der Waals surface area contributed by atoms with Crippen molar-refractivity contribution in [2.75, 3.05) is 7.11 Å². The summed E-state index contributed by atoms with van der Waals surface area (Å²) in [4.78, 5) is 10.9. The molecule has 80 valence electrons. The van der Waals surface area contributed by atoms with Crippen molar-refractivity contribution in [3.05, 3.63) is 37.9 Å². The van der Waals surface area contributed by atoms with Gasteiger partial charge >= 0.3 is 5.97 Å². The summed E-state index contributed by atoms with van der Waals surface area (Å²) in [5, 5.41) is 0.686. The zero-order chi connectivity index (χ0) is 11.4. The third kappa shape index (κ3) is 3.50. The van der Waals surface area contributed by atoms with E-state index in [1.54, 1.807) is 6.08 Å². The molecular formula is C11H10ClIO2. The molecule has 0 radical (unpaired) electrons. The van der Waals surface area contributed by atoms with Crippen molar-refractivity contribution in [1.82, 2.24) is 0 Å². The fraction of sp³-hybridized carbons (Fsp3) is 0.182. The van der Waals surface area contributed by atoms with Gasteiger partial charge < -0.3 is 4.74 Å². The molecule has 1 aromatic rings. The Labute approximate surface area is 107 Å². The van der Waals surface area contributed by atoms with Gasteiger partial charge in [0.25, 0.3) is 0 Å². The lowest BCUT2D eigenvalue weighted by atomic mass is 10.1. The lowest BCUT2D eigenvalue weighted by molar-refractivity contribution is -0.134. The number of carbonyl (C=O) groups excluding carboxylic acids is 1. The zero-order valence-electron chi connectivity index (χ0n) is 8.38. The van der Waals surface area contributed by atoms with Crippen molar-refractivity contribution < 1.29 is 9.53 Å². The molecule has 1 aromatic carbocycles. The van der Waals surface area contributed by atoms with Gasteiger partial charge in [0.15, 0.2) is 0 Å². The second kappa shape index (κ2) is 5.51. The number of esters is 1. The average Bonchev–Trinajstić information content (AvgIpc) is 2.21. The number of hydrogen-bond donors (Lipinski definition) is 0. The van der Waals surface area contributed by atoms with Crippen LogP contribution in [0.2, 0.25) is 5.02 Å². The highest BCUT2D eigenvalue weighted by Gasteiger charge is 2.02.